The number of carbonyl (C=O) groups excluding carboxylic acids is 2. The number of methoxy groups -OCH3 is 1. The maximum Gasteiger partial charge on any atom is 0.197 e. The van der Waals surface area contributed by atoms with Gasteiger partial charge in [0.25, 0.3) is 0 Å². The fourth-order valence-corrected chi connectivity index (χ4v) is 4.59. The molecule has 33 heavy (non-hydrogen) atoms. The highest BCUT2D eigenvalue weighted by molar-refractivity contribution is 9.10. The first-order chi connectivity index (χ1) is 16.0. The van der Waals surface area contributed by atoms with Crippen LogP contribution in [0.4, 0.5) is 0 Å². The monoisotopic (exact) mass is 498 g/mol. The molecule has 5 rings (SSSR count). The molecule has 1 aliphatic carbocycles. The second-order valence-corrected chi connectivity index (χ2v) is 8.62. The number of carbonyl (C=O) groups is 2. The van der Waals surface area contributed by atoms with Gasteiger partial charge in [-0.3, -0.25) is 9.59 Å². The lowest BCUT2D eigenvalue weighted by Crippen LogP contribution is -2.01. The molecule has 0 amide bonds. The molecule has 0 spiro atoms. The molecular formula is C28H19BrO4. The minimum absolute atomic E-state index is 0.148. The molecule has 0 radical (unpaired) electrons. The van der Waals surface area contributed by atoms with Gasteiger partial charge in [0.15, 0.2) is 23.1 Å². The SMILES string of the molecule is COc1cc(C=C2C(=O)c3ccccc3C2=O)cc(Br)c1OCc1ccc2ccccc2c1. The lowest BCUT2D eigenvalue weighted by atomic mass is 10.1. The van der Waals surface area contributed by atoms with Crippen LogP contribution in [0.5, 0.6) is 11.5 Å². The quantitative estimate of drug-likeness (QED) is 0.228. The first kappa shape index (κ1) is 21.2. The molecule has 4 aromatic carbocycles. The van der Waals surface area contributed by atoms with Gasteiger partial charge in [0.05, 0.1) is 17.2 Å². The van der Waals surface area contributed by atoms with Gasteiger partial charge in [-0.15, -0.1) is 0 Å². The number of rotatable bonds is 5. The van der Waals surface area contributed by atoms with Gasteiger partial charge in [0, 0.05) is 11.1 Å². The van der Waals surface area contributed by atoms with Crippen LogP contribution in [0.15, 0.2) is 88.9 Å². The van der Waals surface area contributed by atoms with Gasteiger partial charge in [-0.2, -0.15) is 0 Å². The Hall–Kier alpha value is -3.70. The minimum atomic E-state index is -0.262. The van der Waals surface area contributed by atoms with Crippen molar-refractivity contribution in [2.24, 2.45) is 0 Å². The van der Waals surface area contributed by atoms with Crippen LogP contribution >= 0.6 is 15.9 Å². The van der Waals surface area contributed by atoms with E-state index in [-0.39, 0.29) is 17.1 Å². The molecule has 0 N–H and O–H groups in total. The fourth-order valence-electron chi connectivity index (χ4n) is 4.02. The Morgan fingerprint density at radius 1 is 0.818 bits per heavy atom. The number of ether oxygens (including phenoxy) is 2. The Balaban J connectivity index is 1.42. The molecule has 1 aliphatic rings. The first-order valence-electron chi connectivity index (χ1n) is 10.4. The van der Waals surface area contributed by atoms with E-state index in [4.69, 9.17) is 9.47 Å². The number of hydrogen-bond donors (Lipinski definition) is 0. The summed E-state index contributed by atoms with van der Waals surface area (Å²) in [5.74, 6) is 0.539. The van der Waals surface area contributed by atoms with E-state index in [9.17, 15) is 9.59 Å². The Labute approximate surface area is 199 Å². The molecule has 0 atom stereocenters. The fraction of sp³-hybridized carbons (Fsp3) is 0.0714. The number of fused-ring (bicyclic) bond motifs is 2. The maximum absolute atomic E-state index is 12.7. The summed E-state index contributed by atoms with van der Waals surface area (Å²) in [6.45, 7) is 0.368. The summed E-state index contributed by atoms with van der Waals surface area (Å²) in [7, 11) is 1.56. The average Bonchev–Trinajstić information content (AvgIpc) is 3.08. The van der Waals surface area contributed by atoms with Gasteiger partial charge in [0.1, 0.15) is 6.61 Å². The van der Waals surface area contributed by atoms with Crippen molar-refractivity contribution < 1.29 is 19.1 Å². The summed E-state index contributed by atoms with van der Waals surface area (Å²) >= 11 is 3.56. The molecule has 0 aliphatic heterocycles. The van der Waals surface area contributed by atoms with Crippen LogP contribution < -0.4 is 9.47 Å². The zero-order chi connectivity index (χ0) is 22.9. The lowest BCUT2D eigenvalue weighted by Gasteiger charge is -2.14. The lowest BCUT2D eigenvalue weighted by molar-refractivity contribution is 0.0990. The average molecular weight is 499 g/mol. The summed E-state index contributed by atoms with van der Waals surface area (Å²) in [6, 6.07) is 24.8. The van der Waals surface area contributed by atoms with Crippen molar-refractivity contribution in [3.05, 3.63) is 111 Å². The second-order valence-electron chi connectivity index (χ2n) is 7.77. The number of ketones is 2. The van der Waals surface area contributed by atoms with Crippen molar-refractivity contribution in [2.75, 3.05) is 7.11 Å². The van der Waals surface area contributed by atoms with E-state index in [0.717, 1.165) is 10.9 Å². The van der Waals surface area contributed by atoms with Gasteiger partial charge in [-0.05, 0) is 62.1 Å². The van der Waals surface area contributed by atoms with Gasteiger partial charge in [-0.25, -0.2) is 0 Å². The zero-order valence-electron chi connectivity index (χ0n) is 17.8. The van der Waals surface area contributed by atoms with E-state index < -0.39 is 0 Å². The van der Waals surface area contributed by atoms with Crippen LogP contribution in [0, 0.1) is 0 Å². The van der Waals surface area contributed by atoms with Crippen LogP contribution in [-0.2, 0) is 6.61 Å². The number of hydrogen-bond acceptors (Lipinski definition) is 4. The summed E-state index contributed by atoms with van der Waals surface area (Å²) in [5.41, 5.74) is 2.73. The van der Waals surface area contributed by atoms with Crippen molar-refractivity contribution >= 4 is 44.3 Å². The molecule has 162 valence electrons. The highest BCUT2D eigenvalue weighted by Crippen LogP contribution is 2.38. The third-order valence-corrected chi connectivity index (χ3v) is 6.25. The Kier molecular flexibility index (Phi) is 5.56. The molecule has 0 unspecified atom stereocenters. The molecule has 4 nitrogen and oxygen atoms in total. The smallest absolute Gasteiger partial charge is 0.197 e. The Morgan fingerprint density at radius 3 is 2.18 bits per heavy atom. The number of allylic oxidation sites excluding steroid dienone is 1. The Bertz CT molecular complexity index is 1410. The zero-order valence-corrected chi connectivity index (χ0v) is 19.4. The third-order valence-electron chi connectivity index (χ3n) is 5.67. The van der Waals surface area contributed by atoms with E-state index in [2.05, 4.69) is 40.2 Å². The topological polar surface area (TPSA) is 52.6 Å². The van der Waals surface area contributed by atoms with Crippen molar-refractivity contribution in [2.45, 2.75) is 6.61 Å². The standard InChI is InChI=1S/C28H19BrO4/c1-32-25-15-18(13-23-26(30)21-8-4-5-9-22(21)27(23)31)14-24(29)28(25)33-16-17-10-11-19-6-2-3-7-20(19)12-17/h2-15H,16H2,1H3. The number of halogens is 1. The normalized spacial score (nSPS) is 12.7. The van der Waals surface area contributed by atoms with Gasteiger partial charge >= 0.3 is 0 Å². The predicted octanol–water partition coefficient (Wildman–Crippen LogP) is 6.65. The maximum atomic E-state index is 12.7. The molecule has 5 heteroatoms. The van der Waals surface area contributed by atoms with Crippen LogP contribution in [0.3, 0.4) is 0 Å². The molecule has 0 aromatic heterocycles. The number of Topliss-reactive ketones (excluding diaryl/α,β-unsaturated/α-hetero) is 2. The molecule has 0 saturated heterocycles. The third kappa shape index (κ3) is 3.96. The summed E-state index contributed by atoms with van der Waals surface area (Å²) in [5, 5.41) is 2.33. The van der Waals surface area contributed by atoms with Crippen LogP contribution in [0.2, 0.25) is 0 Å². The molecule has 0 bridgehead atoms. The van der Waals surface area contributed by atoms with Gasteiger partial charge in [0.2, 0.25) is 0 Å². The number of benzene rings is 4. The minimum Gasteiger partial charge on any atom is -0.493 e. The van der Waals surface area contributed by atoms with Crippen molar-refractivity contribution in [1.82, 2.24) is 0 Å². The van der Waals surface area contributed by atoms with E-state index in [1.54, 1.807) is 43.5 Å². The summed E-state index contributed by atoms with van der Waals surface area (Å²) in [6.07, 6.45) is 1.60. The Morgan fingerprint density at radius 2 is 1.48 bits per heavy atom. The molecule has 0 fully saturated rings. The first-order valence-corrected chi connectivity index (χ1v) is 11.2. The van der Waals surface area contributed by atoms with E-state index in [1.165, 1.54) is 5.39 Å². The van der Waals surface area contributed by atoms with E-state index in [0.29, 0.717) is 39.3 Å². The molecule has 0 saturated carbocycles. The van der Waals surface area contributed by atoms with Crippen molar-refractivity contribution in [1.29, 1.82) is 0 Å². The molecule has 0 heterocycles. The summed E-state index contributed by atoms with van der Waals surface area (Å²) in [4.78, 5) is 25.4. The second kappa shape index (κ2) is 8.68. The van der Waals surface area contributed by atoms with Gasteiger partial charge < -0.3 is 9.47 Å². The van der Waals surface area contributed by atoms with E-state index >= 15 is 0 Å². The van der Waals surface area contributed by atoms with Crippen LogP contribution in [-0.4, -0.2) is 18.7 Å². The van der Waals surface area contributed by atoms with Crippen molar-refractivity contribution in [3.63, 3.8) is 0 Å². The summed E-state index contributed by atoms with van der Waals surface area (Å²) < 4.78 is 12.3. The highest BCUT2D eigenvalue weighted by Gasteiger charge is 2.32. The van der Waals surface area contributed by atoms with Crippen LogP contribution in [0.25, 0.3) is 16.8 Å². The van der Waals surface area contributed by atoms with Crippen LogP contribution in [0.1, 0.15) is 31.8 Å². The molecular weight excluding hydrogens is 480 g/mol. The highest BCUT2D eigenvalue weighted by atomic mass is 79.9. The largest absolute Gasteiger partial charge is 0.493 e. The van der Waals surface area contributed by atoms with E-state index in [1.807, 2.05) is 24.3 Å². The predicted molar refractivity (Wildman–Crippen MR) is 132 cm³/mol. The van der Waals surface area contributed by atoms with Gasteiger partial charge in [-0.1, -0.05) is 60.7 Å². The molecule has 4 aromatic rings. The van der Waals surface area contributed by atoms with Crippen molar-refractivity contribution in [3.8, 4) is 11.5 Å².